The lowest BCUT2D eigenvalue weighted by molar-refractivity contribution is -0.145. The van der Waals surface area contributed by atoms with Crippen LogP contribution in [0.3, 0.4) is 0 Å². The van der Waals surface area contributed by atoms with Gasteiger partial charge in [0.05, 0.1) is 25.3 Å². The summed E-state index contributed by atoms with van der Waals surface area (Å²) in [4.78, 5) is 13.8. The van der Waals surface area contributed by atoms with Crippen molar-refractivity contribution < 1.29 is 32.5 Å². The molecule has 31 heavy (non-hydrogen) atoms. The third kappa shape index (κ3) is 5.12. The molecule has 1 fully saturated rings. The summed E-state index contributed by atoms with van der Waals surface area (Å²) in [6.07, 6.45) is -2.35. The van der Waals surface area contributed by atoms with Gasteiger partial charge in [-0.15, -0.1) is 0 Å². The average Bonchev–Trinajstić information content (AvgIpc) is 2.74. The Labute approximate surface area is 179 Å². The van der Waals surface area contributed by atoms with Gasteiger partial charge in [0.2, 0.25) is 0 Å². The summed E-state index contributed by atoms with van der Waals surface area (Å²) in [6.45, 7) is 2.77. The summed E-state index contributed by atoms with van der Waals surface area (Å²) in [5.41, 5.74) is 0.582. The number of carboxylic acids is 1. The van der Waals surface area contributed by atoms with Crippen molar-refractivity contribution in [1.82, 2.24) is 4.90 Å². The predicted molar refractivity (Wildman–Crippen MR) is 109 cm³/mol. The Balaban J connectivity index is 2.10. The van der Waals surface area contributed by atoms with E-state index in [2.05, 4.69) is 0 Å². The SMILES string of the molecule is CCOc1cc(C(c2ccc(C(F)(F)F)cc2)N2CCCCC2C(=O)O)ccc1OC. The summed E-state index contributed by atoms with van der Waals surface area (Å²) in [7, 11) is 1.52. The van der Waals surface area contributed by atoms with Gasteiger partial charge in [-0.2, -0.15) is 13.2 Å². The molecule has 0 saturated carbocycles. The number of halogens is 3. The molecule has 5 nitrogen and oxygen atoms in total. The van der Waals surface area contributed by atoms with Crippen molar-refractivity contribution in [1.29, 1.82) is 0 Å². The molecule has 1 aliphatic rings. The number of aliphatic carboxylic acids is 1. The van der Waals surface area contributed by atoms with Gasteiger partial charge < -0.3 is 14.6 Å². The maximum absolute atomic E-state index is 13.1. The number of rotatable bonds is 7. The number of nitrogens with zero attached hydrogens (tertiary/aromatic N) is 1. The van der Waals surface area contributed by atoms with Gasteiger partial charge in [-0.25, -0.2) is 0 Å². The molecule has 1 N–H and O–H groups in total. The Hall–Kier alpha value is -2.74. The van der Waals surface area contributed by atoms with Crippen LogP contribution >= 0.6 is 0 Å². The molecule has 168 valence electrons. The molecular formula is C23H26F3NO4. The van der Waals surface area contributed by atoms with Gasteiger partial charge >= 0.3 is 12.1 Å². The van der Waals surface area contributed by atoms with Crippen molar-refractivity contribution in [3.05, 3.63) is 59.2 Å². The average molecular weight is 437 g/mol. The number of benzene rings is 2. The van der Waals surface area contributed by atoms with Crippen LogP contribution in [0.5, 0.6) is 11.5 Å². The third-order valence-electron chi connectivity index (χ3n) is 5.52. The van der Waals surface area contributed by atoms with E-state index >= 15 is 0 Å². The molecule has 0 spiro atoms. The highest BCUT2D eigenvalue weighted by molar-refractivity contribution is 5.73. The molecule has 0 bridgehead atoms. The van der Waals surface area contributed by atoms with Gasteiger partial charge in [0, 0.05) is 0 Å². The van der Waals surface area contributed by atoms with Crippen molar-refractivity contribution in [2.45, 2.75) is 44.4 Å². The minimum Gasteiger partial charge on any atom is -0.493 e. The molecule has 0 aliphatic carbocycles. The number of alkyl halides is 3. The standard InChI is InChI=1S/C23H26F3NO4/c1-3-31-20-14-16(9-12-19(20)30-2)21(27-13-5-4-6-18(27)22(28)29)15-7-10-17(11-8-15)23(24,25)26/h7-12,14,18,21H,3-6,13H2,1-2H3,(H,28,29). The van der Waals surface area contributed by atoms with Crippen molar-refractivity contribution in [3.8, 4) is 11.5 Å². The van der Waals surface area contributed by atoms with Crippen molar-refractivity contribution in [2.75, 3.05) is 20.3 Å². The second-order valence-corrected chi connectivity index (χ2v) is 7.45. The molecule has 2 aromatic rings. The molecule has 8 heteroatoms. The van der Waals surface area contributed by atoms with E-state index in [1.807, 2.05) is 11.8 Å². The number of piperidine rings is 1. The van der Waals surface area contributed by atoms with E-state index in [1.54, 1.807) is 18.2 Å². The minimum absolute atomic E-state index is 0.409. The third-order valence-corrected chi connectivity index (χ3v) is 5.52. The minimum atomic E-state index is -4.44. The Bertz CT molecular complexity index is 899. The van der Waals surface area contributed by atoms with Crippen LogP contribution in [-0.4, -0.2) is 42.3 Å². The predicted octanol–water partition coefficient (Wildman–Crippen LogP) is 5.14. The summed E-state index contributed by atoms with van der Waals surface area (Å²) in [5.74, 6) is 0.101. The van der Waals surface area contributed by atoms with E-state index < -0.39 is 29.8 Å². The molecule has 1 heterocycles. The van der Waals surface area contributed by atoms with Crippen LogP contribution in [-0.2, 0) is 11.0 Å². The van der Waals surface area contributed by atoms with E-state index in [0.29, 0.717) is 36.6 Å². The second-order valence-electron chi connectivity index (χ2n) is 7.45. The van der Waals surface area contributed by atoms with Crippen molar-refractivity contribution in [3.63, 3.8) is 0 Å². The molecular weight excluding hydrogens is 411 g/mol. The molecule has 0 amide bonds. The Morgan fingerprint density at radius 1 is 1.13 bits per heavy atom. The number of carbonyl (C=O) groups is 1. The Morgan fingerprint density at radius 2 is 1.81 bits per heavy atom. The highest BCUT2D eigenvalue weighted by atomic mass is 19.4. The van der Waals surface area contributed by atoms with Gasteiger partial charge in [0.15, 0.2) is 11.5 Å². The molecule has 2 aromatic carbocycles. The van der Waals surface area contributed by atoms with Crippen LogP contribution in [0.2, 0.25) is 0 Å². The summed E-state index contributed by atoms with van der Waals surface area (Å²) >= 11 is 0. The van der Waals surface area contributed by atoms with Gasteiger partial charge in [-0.05, 0) is 61.7 Å². The lowest BCUT2D eigenvalue weighted by Crippen LogP contribution is -2.46. The maximum atomic E-state index is 13.1. The quantitative estimate of drug-likeness (QED) is 0.650. The van der Waals surface area contributed by atoms with E-state index in [4.69, 9.17) is 9.47 Å². The smallest absolute Gasteiger partial charge is 0.416 e. The van der Waals surface area contributed by atoms with E-state index in [0.717, 1.165) is 30.5 Å². The van der Waals surface area contributed by atoms with E-state index in [9.17, 15) is 23.1 Å². The van der Waals surface area contributed by atoms with Crippen LogP contribution < -0.4 is 9.47 Å². The first-order valence-corrected chi connectivity index (χ1v) is 10.2. The topological polar surface area (TPSA) is 59.0 Å². The largest absolute Gasteiger partial charge is 0.493 e. The van der Waals surface area contributed by atoms with Crippen molar-refractivity contribution in [2.24, 2.45) is 0 Å². The molecule has 2 atom stereocenters. The zero-order valence-electron chi connectivity index (χ0n) is 17.5. The fourth-order valence-electron chi connectivity index (χ4n) is 4.09. The van der Waals surface area contributed by atoms with Gasteiger partial charge in [-0.1, -0.05) is 24.6 Å². The zero-order valence-corrected chi connectivity index (χ0v) is 17.5. The molecule has 1 saturated heterocycles. The van der Waals surface area contributed by atoms with E-state index in [-0.39, 0.29) is 0 Å². The van der Waals surface area contributed by atoms with Gasteiger partial charge in [0.25, 0.3) is 0 Å². The second kappa shape index (κ2) is 9.60. The maximum Gasteiger partial charge on any atom is 0.416 e. The summed E-state index contributed by atoms with van der Waals surface area (Å²) in [5, 5.41) is 9.79. The normalized spacial score (nSPS) is 18.4. The fraction of sp³-hybridized carbons (Fsp3) is 0.435. The van der Waals surface area contributed by atoms with E-state index in [1.165, 1.54) is 19.2 Å². The highest BCUT2D eigenvalue weighted by Gasteiger charge is 2.36. The number of hydrogen-bond acceptors (Lipinski definition) is 4. The number of methoxy groups -OCH3 is 1. The Kier molecular flexibility index (Phi) is 7.10. The monoisotopic (exact) mass is 437 g/mol. The summed E-state index contributed by atoms with van der Waals surface area (Å²) < 4.78 is 50.2. The van der Waals surface area contributed by atoms with Gasteiger partial charge in [-0.3, -0.25) is 9.69 Å². The molecule has 3 rings (SSSR count). The molecule has 0 aromatic heterocycles. The lowest BCUT2D eigenvalue weighted by atomic mass is 9.91. The van der Waals surface area contributed by atoms with Crippen LogP contribution in [0.1, 0.15) is 48.9 Å². The van der Waals surface area contributed by atoms with Crippen LogP contribution in [0.4, 0.5) is 13.2 Å². The number of ether oxygens (including phenoxy) is 2. The van der Waals surface area contributed by atoms with Gasteiger partial charge in [0.1, 0.15) is 6.04 Å². The first kappa shape index (κ1) is 22.9. The fourth-order valence-corrected chi connectivity index (χ4v) is 4.09. The van der Waals surface area contributed by atoms with Crippen LogP contribution in [0.15, 0.2) is 42.5 Å². The Morgan fingerprint density at radius 3 is 2.39 bits per heavy atom. The van der Waals surface area contributed by atoms with Crippen LogP contribution in [0.25, 0.3) is 0 Å². The first-order chi connectivity index (χ1) is 14.8. The van der Waals surface area contributed by atoms with Crippen molar-refractivity contribution >= 4 is 5.97 Å². The number of likely N-dealkylation sites (tertiary alicyclic amines) is 1. The first-order valence-electron chi connectivity index (χ1n) is 10.2. The molecule has 2 unspecified atom stereocenters. The molecule has 1 aliphatic heterocycles. The number of carboxylic acid groups (broad SMARTS) is 1. The van der Waals surface area contributed by atoms with Crippen LogP contribution in [0, 0.1) is 0 Å². The zero-order chi connectivity index (χ0) is 22.6. The lowest BCUT2D eigenvalue weighted by Gasteiger charge is -2.39. The highest BCUT2D eigenvalue weighted by Crippen LogP contribution is 2.39. The summed E-state index contributed by atoms with van der Waals surface area (Å²) in [6, 6.07) is 8.97. The molecule has 0 radical (unpaired) electrons. The number of hydrogen-bond donors (Lipinski definition) is 1.